The number of hydrogen-bond acceptors (Lipinski definition) is 5. The Morgan fingerprint density at radius 1 is 1.50 bits per heavy atom. The Balaban J connectivity index is 2.32. The van der Waals surface area contributed by atoms with E-state index in [0.717, 1.165) is 11.9 Å². The Kier molecular flexibility index (Phi) is 4.85. The highest BCUT2D eigenvalue weighted by molar-refractivity contribution is 7.88. The molecule has 0 aliphatic carbocycles. The molecule has 0 bridgehead atoms. The van der Waals surface area contributed by atoms with Crippen molar-refractivity contribution < 1.29 is 8.42 Å². The molecular formula is C9H17N3O2S2. The fraction of sp³-hybridized carbons (Fsp3) is 0.667. The minimum absolute atomic E-state index is 0.203. The molecule has 7 heteroatoms. The number of thiazole rings is 1. The molecule has 0 radical (unpaired) electrons. The highest BCUT2D eigenvalue weighted by Crippen LogP contribution is 2.20. The Bertz CT molecular complexity index is 428. The maximum Gasteiger partial charge on any atom is 0.208 e. The molecule has 0 amide bonds. The summed E-state index contributed by atoms with van der Waals surface area (Å²) in [5.41, 5.74) is 2.85. The minimum atomic E-state index is -3.08. The average Bonchev–Trinajstić information content (AvgIpc) is 2.57. The van der Waals surface area contributed by atoms with Gasteiger partial charge in [-0.3, -0.25) is 0 Å². The van der Waals surface area contributed by atoms with E-state index in [2.05, 4.69) is 15.0 Å². The predicted molar refractivity (Wildman–Crippen MR) is 66.1 cm³/mol. The average molecular weight is 263 g/mol. The zero-order valence-electron chi connectivity index (χ0n) is 9.65. The first kappa shape index (κ1) is 13.6. The molecule has 2 N–H and O–H groups in total. The monoisotopic (exact) mass is 263 g/mol. The third-order valence-electron chi connectivity index (χ3n) is 2.12. The van der Waals surface area contributed by atoms with Crippen LogP contribution in [0, 0.1) is 6.92 Å². The molecule has 1 rings (SSSR count). The molecule has 0 aromatic carbocycles. The highest BCUT2D eigenvalue weighted by atomic mass is 32.2. The van der Waals surface area contributed by atoms with Crippen LogP contribution < -0.4 is 10.0 Å². The molecule has 1 aromatic rings. The van der Waals surface area contributed by atoms with E-state index in [-0.39, 0.29) is 6.04 Å². The molecule has 0 saturated heterocycles. The summed E-state index contributed by atoms with van der Waals surface area (Å²) in [4.78, 5) is 5.37. The van der Waals surface area contributed by atoms with Crippen molar-refractivity contribution in [2.75, 3.05) is 19.3 Å². The lowest BCUT2D eigenvalue weighted by atomic mass is 10.2. The smallest absolute Gasteiger partial charge is 0.208 e. The molecule has 5 nitrogen and oxygen atoms in total. The summed E-state index contributed by atoms with van der Waals surface area (Å²) in [6, 6.07) is 0.203. The first-order valence-electron chi connectivity index (χ1n) is 4.98. The van der Waals surface area contributed by atoms with Gasteiger partial charge in [0, 0.05) is 24.0 Å². The summed E-state index contributed by atoms with van der Waals surface area (Å²) in [5, 5.41) is 3.24. The van der Waals surface area contributed by atoms with Crippen molar-refractivity contribution >= 4 is 21.4 Å². The topological polar surface area (TPSA) is 71.1 Å². The zero-order valence-corrected chi connectivity index (χ0v) is 11.3. The first-order chi connectivity index (χ1) is 7.40. The quantitative estimate of drug-likeness (QED) is 0.739. The Morgan fingerprint density at radius 3 is 2.69 bits per heavy atom. The number of nitrogens with zero attached hydrogens (tertiary/aromatic N) is 1. The van der Waals surface area contributed by atoms with E-state index in [1.807, 2.05) is 19.4 Å². The third-order valence-corrected chi connectivity index (χ3v) is 3.96. The van der Waals surface area contributed by atoms with Gasteiger partial charge in [-0.25, -0.2) is 18.1 Å². The molecule has 0 aliphatic heterocycles. The number of hydrogen-bond donors (Lipinski definition) is 2. The molecule has 1 heterocycles. The van der Waals surface area contributed by atoms with E-state index < -0.39 is 10.0 Å². The van der Waals surface area contributed by atoms with Crippen LogP contribution in [0.3, 0.4) is 0 Å². The van der Waals surface area contributed by atoms with Gasteiger partial charge in [-0.1, -0.05) is 0 Å². The molecule has 1 aromatic heterocycles. The van der Waals surface area contributed by atoms with Crippen LogP contribution in [0.1, 0.15) is 23.5 Å². The summed E-state index contributed by atoms with van der Waals surface area (Å²) in [5.74, 6) is 0. The summed E-state index contributed by atoms with van der Waals surface area (Å²) >= 11 is 1.61. The third kappa shape index (κ3) is 4.56. The number of aryl methyl sites for hydroxylation is 1. The van der Waals surface area contributed by atoms with Crippen molar-refractivity contribution in [1.29, 1.82) is 0 Å². The molecule has 0 spiro atoms. The van der Waals surface area contributed by atoms with Crippen LogP contribution in [0.25, 0.3) is 0 Å². The number of sulfonamides is 1. The second kappa shape index (κ2) is 5.72. The largest absolute Gasteiger partial charge is 0.308 e. The van der Waals surface area contributed by atoms with E-state index >= 15 is 0 Å². The summed E-state index contributed by atoms with van der Waals surface area (Å²) in [7, 11) is -3.08. The predicted octanol–water partition coefficient (Wildman–Crippen LogP) is 0.651. The Labute approximate surface area is 100 Å². The lowest BCUT2D eigenvalue weighted by molar-refractivity contribution is 0.559. The SMILES string of the molecule is Cc1ncsc1C(C)NCCNS(C)(=O)=O. The van der Waals surface area contributed by atoms with Gasteiger partial charge in [0.15, 0.2) is 0 Å². The minimum Gasteiger partial charge on any atom is -0.308 e. The van der Waals surface area contributed by atoms with E-state index in [1.54, 1.807) is 11.3 Å². The maximum absolute atomic E-state index is 10.8. The fourth-order valence-corrected chi connectivity index (χ4v) is 2.65. The van der Waals surface area contributed by atoms with Crippen LogP contribution in [-0.4, -0.2) is 32.7 Å². The molecule has 16 heavy (non-hydrogen) atoms. The van der Waals surface area contributed by atoms with E-state index in [4.69, 9.17) is 0 Å². The van der Waals surface area contributed by atoms with Crippen LogP contribution in [-0.2, 0) is 10.0 Å². The standard InChI is InChI=1S/C9H17N3O2S2/c1-7(9-8(2)11-6-15-9)10-4-5-12-16(3,13)14/h6-7,10,12H,4-5H2,1-3H3. The Hall–Kier alpha value is -0.500. The molecule has 1 atom stereocenters. The molecule has 0 saturated carbocycles. The summed E-state index contributed by atoms with van der Waals surface area (Å²) in [6.07, 6.45) is 1.16. The Morgan fingerprint density at radius 2 is 2.19 bits per heavy atom. The first-order valence-corrected chi connectivity index (χ1v) is 7.75. The van der Waals surface area contributed by atoms with Gasteiger partial charge in [0.1, 0.15) is 0 Å². The van der Waals surface area contributed by atoms with E-state index in [0.29, 0.717) is 13.1 Å². The van der Waals surface area contributed by atoms with Crippen LogP contribution >= 0.6 is 11.3 Å². The van der Waals surface area contributed by atoms with Gasteiger partial charge in [-0.15, -0.1) is 11.3 Å². The second-order valence-corrected chi connectivity index (χ2v) is 6.36. The van der Waals surface area contributed by atoms with Crippen LogP contribution in [0.5, 0.6) is 0 Å². The van der Waals surface area contributed by atoms with Crippen molar-refractivity contribution in [3.05, 3.63) is 16.1 Å². The lowest BCUT2D eigenvalue weighted by Crippen LogP contribution is -2.32. The van der Waals surface area contributed by atoms with Gasteiger partial charge in [0.25, 0.3) is 0 Å². The van der Waals surface area contributed by atoms with Crippen LogP contribution in [0.15, 0.2) is 5.51 Å². The van der Waals surface area contributed by atoms with Crippen LogP contribution in [0.4, 0.5) is 0 Å². The summed E-state index contributed by atoms with van der Waals surface area (Å²) in [6.45, 7) is 5.02. The van der Waals surface area contributed by atoms with Gasteiger partial charge in [-0.05, 0) is 13.8 Å². The molecule has 92 valence electrons. The zero-order chi connectivity index (χ0) is 12.2. The molecule has 0 fully saturated rings. The lowest BCUT2D eigenvalue weighted by Gasteiger charge is -2.12. The second-order valence-electron chi connectivity index (χ2n) is 3.64. The van der Waals surface area contributed by atoms with Crippen molar-refractivity contribution in [2.24, 2.45) is 0 Å². The van der Waals surface area contributed by atoms with Gasteiger partial charge < -0.3 is 5.32 Å². The van der Waals surface area contributed by atoms with Gasteiger partial charge in [-0.2, -0.15) is 0 Å². The van der Waals surface area contributed by atoms with E-state index in [9.17, 15) is 8.42 Å². The normalized spacial score (nSPS) is 13.9. The van der Waals surface area contributed by atoms with Gasteiger partial charge >= 0.3 is 0 Å². The van der Waals surface area contributed by atoms with E-state index in [1.165, 1.54) is 4.88 Å². The molecular weight excluding hydrogens is 246 g/mol. The summed E-state index contributed by atoms with van der Waals surface area (Å²) < 4.78 is 24.1. The molecule has 0 aliphatic rings. The van der Waals surface area contributed by atoms with Crippen molar-refractivity contribution in [3.63, 3.8) is 0 Å². The maximum atomic E-state index is 10.8. The number of rotatable bonds is 6. The van der Waals surface area contributed by atoms with Crippen LogP contribution in [0.2, 0.25) is 0 Å². The highest BCUT2D eigenvalue weighted by Gasteiger charge is 2.10. The number of nitrogens with one attached hydrogen (secondary N) is 2. The van der Waals surface area contributed by atoms with Gasteiger partial charge in [0.05, 0.1) is 17.5 Å². The number of aromatic nitrogens is 1. The van der Waals surface area contributed by atoms with Crippen molar-refractivity contribution in [2.45, 2.75) is 19.9 Å². The van der Waals surface area contributed by atoms with Crippen molar-refractivity contribution in [1.82, 2.24) is 15.0 Å². The van der Waals surface area contributed by atoms with Gasteiger partial charge in [0.2, 0.25) is 10.0 Å². The fourth-order valence-electron chi connectivity index (χ4n) is 1.34. The molecule has 1 unspecified atom stereocenters. The van der Waals surface area contributed by atoms with Crippen molar-refractivity contribution in [3.8, 4) is 0 Å².